The van der Waals surface area contributed by atoms with Crippen molar-refractivity contribution < 1.29 is 13.2 Å². The monoisotopic (exact) mass is 296 g/mol. The summed E-state index contributed by atoms with van der Waals surface area (Å²) in [5.41, 5.74) is 1.05. The highest BCUT2D eigenvalue weighted by Gasteiger charge is 2.27. The fourth-order valence-electron chi connectivity index (χ4n) is 1.75. The Hall–Kier alpha value is -0.940. The number of benzene rings is 1. The summed E-state index contributed by atoms with van der Waals surface area (Å²) in [4.78, 5) is 4.16. The van der Waals surface area contributed by atoms with E-state index in [2.05, 4.69) is 4.98 Å². The van der Waals surface area contributed by atoms with E-state index in [4.69, 9.17) is 23.2 Å². The third kappa shape index (κ3) is 2.72. The van der Waals surface area contributed by atoms with Gasteiger partial charge in [-0.05, 0) is 12.1 Å². The van der Waals surface area contributed by atoms with E-state index in [1.807, 2.05) is 0 Å². The molecule has 0 radical (unpaired) electrons. The fraction of sp³-hybridized carbons (Fsp3) is 0.364. The number of rotatable bonds is 3. The molecule has 0 amide bonds. The van der Waals surface area contributed by atoms with Crippen molar-refractivity contribution in [3.63, 3.8) is 0 Å². The first-order valence-electron chi connectivity index (χ1n) is 5.18. The van der Waals surface area contributed by atoms with Crippen molar-refractivity contribution in [3.05, 3.63) is 29.0 Å². The van der Waals surface area contributed by atoms with E-state index in [1.54, 1.807) is 18.2 Å². The quantitative estimate of drug-likeness (QED) is 0.769. The molecule has 0 saturated heterocycles. The van der Waals surface area contributed by atoms with Crippen LogP contribution in [0.3, 0.4) is 0 Å². The highest BCUT2D eigenvalue weighted by Crippen LogP contribution is 2.27. The average Bonchev–Trinajstić information content (AvgIpc) is 2.65. The van der Waals surface area contributed by atoms with Crippen molar-refractivity contribution in [1.82, 2.24) is 9.55 Å². The van der Waals surface area contributed by atoms with Crippen LogP contribution in [-0.2, 0) is 12.4 Å². The Morgan fingerprint density at radius 3 is 2.61 bits per heavy atom. The summed E-state index contributed by atoms with van der Waals surface area (Å²) in [5.74, 6) is 0.437. The first-order chi connectivity index (χ1) is 8.42. The van der Waals surface area contributed by atoms with E-state index < -0.39 is 12.6 Å². The molecule has 1 heterocycles. The molecule has 98 valence electrons. The number of hydrogen-bond donors (Lipinski definition) is 0. The molecular formula is C11H9Cl2F3N2. The van der Waals surface area contributed by atoms with Gasteiger partial charge in [-0.3, -0.25) is 0 Å². The second-order valence-electron chi connectivity index (χ2n) is 3.79. The van der Waals surface area contributed by atoms with Gasteiger partial charge in [0.15, 0.2) is 0 Å². The van der Waals surface area contributed by atoms with Gasteiger partial charge in [0, 0.05) is 6.54 Å². The average molecular weight is 297 g/mol. The van der Waals surface area contributed by atoms with Gasteiger partial charge in [-0.1, -0.05) is 17.7 Å². The van der Waals surface area contributed by atoms with E-state index in [1.165, 1.54) is 4.57 Å². The number of para-hydroxylation sites is 1. The maximum absolute atomic E-state index is 12.3. The number of hydrogen-bond acceptors (Lipinski definition) is 1. The Morgan fingerprint density at radius 1 is 1.28 bits per heavy atom. The van der Waals surface area contributed by atoms with Crippen LogP contribution >= 0.6 is 23.2 Å². The van der Waals surface area contributed by atoms with E-state index in [0.29, 0.717) is 21.9 Å². The van der Waals surface area contributed by atoms with Crippen LogP contribution in [0.1, 0.15) is 12.2 Å². The van der Waals surface area contributed by atoms with Crippen LogP contribution in [0, 0.1) is 0 Å². The minimum atomic E-state index is -4.21. The Balaban J connectivity index is 2.44. The van der Waals surface area contributed by atoms with Gasteiger partial charge in [0.2, 0.25) is 0 Å². The number of imidazole rings is 1. The van der Waals surface area contributed by atoms with Gasteiger partial charge in [-0.25, -0.2) is 4.98 Å². The Kier molecular flexibility index (Phi) is 3.73. The number of fused-ring (bicyclic) bond motifs is 1. The summed E-state index contributed by atoms with van der Waals surface area (Å²) in [6.45, 7) is -0.206. The van der Waals surface area contributed by atoms with Crippen LogP contribution < -0.4 is 0 Å². The minimum Gasteiger partial charge on any atom is -0.327 e. The van der Waals surface area contributed by atoms with E-state index in [0.717, 1.165) is 0 Å². The lowest BCUT2D eigenvalue weighted by atomic mass is 10.3. The van der Waals surface area contributed by atoms with Crippen LogP contribution in [0.15, 0.2) is 18.2 Å². The molecule has 0 aliphatic heterocycles. The highest BCUT2D eigenvalue weighted by atomic mass is 35.5. The highest BCUT2D eigenvalue weighted by molar-refractivity contribution is 6.34. The molecule has 0 atom stereocenters. The Bertz CT molecular complexity index is 563. The van der Waals surface area contributed by atoms with Gasteiger partial charge in [-0.15, -0.1) is 11.6 Å². The van der Waals surface area contributed by atoms with Crippen molar-refractivity contribution in [2.75, 3.05) is 0 Å². The summed E-state index contributed by atoms with van der Waals surface area (Å²) in [5, 5.41) is 0.407. The standard InChI is InChI=1S/C11H9Cl2F3N2/c12-6-9-17-10-7(13)2-1-3-8(10)18(9)5-4-11(14,15)16/h1-3H,4-6H2. The number of halogens is 5. The number of aromatic nitrogens is 2. The van der Waals surface area contributed by atoms with Gasteiger partial charge >= 0.3 is 6.18 Å². The zero-order valence-corrected chi connectivity index (χ0v) is 10.6. The first kappa shape index (κ1) is 13.5. The van der Waals surface area contributed by atoms with Gasteiger partial charge in [0.05, 0.1) is 22.8 Å². The lowest BCUT2D eigenvalue weighted by molar-refractivity contribution is -0.136. The third-order valence-electron chi connectivity index (χ3n) is 2.55. The van der Waals surface area contributed by atoms with Crippen molar-refractivity contribution in [2.45, 2.75) is 25.0 Å². The molecule has 0 N–H and O–H groups in total. The van der Waals surface area contributed by atoms with Gasteiger partial charge in [0.25, 0.3) is 0 Å². The zero-order chi connectivity index (χ0) is 13.3. The molecule has 0 spiro atoms. The lowest BCUT2D eigenvalue weighted by Crippen LogP contribution is -2.13. The molecule has 7 heteroatoms. The zero-order valence-electron chi connectivity index (χ0n) is 9.14. The second-order valence-corrected chi connectivity index (χ2v) is 4.46. The topological polar surface area (TPSA) is 17.8 Å². The molecule has 0 bridgehead atoms. The van der Waals surface area contributed by atoms with Crippen LogP contribution in [0.5, 0.6) is 0 Å². The summed E-state index contributed by atoms with van der Waals surface area (Å²) in [6, 6.07) is 5.00. The molecule has 0 aliphatic carbocycles. The van der Waals surface area contributed by atoms with Crippen molar-refractivity contribution in [2.24, 2.45) is 0 Å². The largest absolute Gasteiger partial charge is 0.390 e. The van der Waals surface area contributed by atoms with Crippen molar-refractivity contribution in [1.29, 1.82) is 0 Å². The molecule has 1 aromatic heterocycles. The third-order valence-corrected chi connectivity index (χ3v) is 3.09. The molecule has 0 saturated carbocycles. The van der Waals surface area contributed by atoms with Gasteiger partial charge < -0.3 is 4.57 Å². The normalized spacial score (nSPS) is 12.3. The lowest BCUT2D eigenvalue weighted by Gasteiger charge is -2.10. The first-order valence-corrected chi connectivity index (χ1v) is 6.10. The predicted octanol–water partition coefficient (Wildman–Crippen LogP) is 4.38. The Labute approximate surface area is 111 Å². The number of nitrogens with zero attached hydrogens (tertiary/aromatic N) is 2. The molecule has 18 heavy (non-hydrogen) atoms. The molecule has 0 fully saturated rings. The second kappa shape index (κ2) is 4.97. The number of aryl methyl sites for hydroxylation is 1. The van der Waals surface area contributed by atoms with E-state index >= 15 is 0 Å². The van der Waals surface area contributed by atoms with Crippen molar-refractivity contribution >= 4 is 34.2 Å². The van der Waals surface area contributed by atoms with Gasteiger partial charge in [0.1, 0.15) is 11.3 Å². The van der Waals surface area contributed by atoms with Crippen LogP contribution in [-0.4, -0.2) is 15.7 Å². The van der Waals surface area contributed by atoms with Crippen LogP contribution in [0.2, 0.25) is 5.02 Å². The summed E-state index contributed by atoms with van der Waals surface area (Å²) < 4.78 is 38.3. The SMILES string of the molecule is FC(F)(F)CCn1c(CCl)nc2c(Cl)cccc21. The van der Waals surface area contributed by atoms with Crippen LogP contribution in [0.4, 0.5) is 13.2 Å². The van der Waals surface area contributed by atoms with E-state index in [-0.39, 0.29) is 12.4 Å². The minimum absolute atomic E-state index is 0.0445. The molecule has 2 aromatic rings. The maximum atomic E-state index is 12.3. The van der Waals surface area contributed by atoms with Crippen molar-refractivity contribution in [3.8, 4) is 0 Å². The smallest absolute Gasteiger partial charge is 0.327 e. The number of alkyl halides is 4. The van der Waals surface area contributed by atoms with Crippen LogP contribution in [0.25, 0.3) is 11.0 Å². The van der Waals surface area contributed by atoms with E-state index in [9.17, 15) is 13.2 Å². The summed E-state index contributed by atoms with van der Waals surface area (Å²) in [6.07, 6.45) is -5.13. The predicted molar refractivity (Wildman–Crippen MR) is 65.0 cm³/mol. The summed E-state index contributed by atoms with van der Waals surface area (Å²) >= 11 is 11.6. The molecule has 2 rings (SSSR count). The molecule has 1 aromatic carbocycles. The Morgan fingerprint density at radius 2 is 2.00 bits per heavy atom. The molecule has 0 aliphatic rings. The fourth-order valence-corrected chi connectivity index (χ4v) is 2.17. The maximum Gasteiger partial charge on any atom is 0.390 e. The molecule has 2 nitrogen and oxygen atoms in total. The van der Waals surface area contributed by atoms with Gasteiger partial charge in [-0.2, -0.15) is 13.2 Å². The molecular weight excluding hydrogens is 288 g/mol. The summed E-state index contributed by atoms with van der Waals surface area (Å²) in [7, 11) is 0. The molecule has 0 unspecified atom stereocenters.